The van der Waals surface area contributed by atoms with Crippen LogP contribution in [0.2, 0.25) is 0 Å². The molecule has 1 rings (SSSR count). The molecule has 1 aromatic rings. The first-order valence-corrected chi connectivity index (χ1v) is 5.62. The predicted octanol–water partition coefficient (Wildman–Crippen LogP) is 2.88. The molecular formula is C12H14F2N2O3. The molecule has 0 atom stereocenters. The Hall–Kier alpha value is -2.02. The molecule has 0 saturated heterocycles. The third-order valence-corrected chi connectivity index (χ3v) is 2.24. The monoisotopic (exact) mass is 272 g/mol. The van der Waals surface area contributed by atoms with Crippen LogP contribution in [0.3, 0.4) is 0 Å². The molecule has 1 N–H and O–H groups in total. The van der Waals surface area contributed by atoms with Crippen LogP contribution < -0.4 is 5.32 Å². The molecular weight excluding hydrogens is 258 g/mol. The SMILES string of the molecule is C=CCCOCCNc1cc(F)cc(F)c1[N+](=O)[O-]. The Morgan fingerprint density at radius 1 is 1.42 bits per heavy atom. The lowest BCUT2D eigenvalue weighted by atomic mass is 10.2. The zero-order valence-electron chi connectivity index (χ0n) is 10.2. The molecule has 7 heteroatoms. The van der Waals surface area contributed by atoms with E-state index in [1.165, 1.54) is 0 Å². The van der Waals surface area contributed by atoms with E-state index in [0.717, 1.165) is 6.07 Å². The molecule has 104 valence electrons. The standard InChI is InChI=1S/C12H14F2N2O3/c1-2-3-5-19-6-4-15-11-8-9(13)7-10(14)12(11)16(17)18/h2,7-8,15H,1,3-6H2. The third kappa shape index (κ3) is 4.63. The van der Waals surface area contributed by atoms with E-state index in [0.29, 0.717) is 19.1 Å². The zero-order chi connectivity index (χ0) is 14.3. The van der Waals surface area contributed by atoms with E-state index in [1.54, 1.807) is 6.08 Å². The number of benzene rings is 1. The number of hydrogen-bond donors (Lipinski definition) is 1. The van der Waals surface area contributed by atoms with Crippen molar-refractivity contribution in [2.45, 2.75) is 6.42 Å². The van der Waals surface area contributed by atoms with Crippen molar-refractivity contribution in [3.8, 4) is 0 Å². The van der Waals surface area contributed by atoms with Gasteiger partial charge in [0.05, 0.1) is 18.1 Å². The highest BCUT2D eigenvalue weighted by Gasteiger charge is 2.21. The lowest BCUT2D eigenvalue weighted by molar-refractivity contribution is -0.386. The third-order valence-electron chi connectivity index (χ3n) is 2.24. The summed E-state index contributed by atoms with van der Waals surface area (Å²) in [6.45, 7) is 4.48. The van der Waals surface area contributed by atoms with Crippen molar-refractivity contribution in [1.29, 1.82) is 0 Å². The maximum absolute atomic E-state index is 13.3. The molecule has 19 heavy (non-hydrogen) atoms. The van der Waals surface area contributed by atoms with Crippen LogP contribution in [0, 0.1) is 21.7 Å². The molecule has 0 bridgehead atoms. The lowest BCUT2D eigenvalue weighted by Gasteiger charge is -2.08. The minimum Gasteiger partial charge on any atom is -0.379 e. The first-order chi connectivity index (χ1) is 9.06. The van der Waals surface area contributed by atoms with Crippen molar-refractivity contribution in [2.75, 3.05) is 25.1 Å². The van der Waals surface area contributed by atoms with Gasteiger partial charge in [-0.25, -0.2) is 4.39 Å². The average molecular weight is 272 g/mol. The predicted molar refractivity (Wildman–Crippen MR) is 67.1 cm³/mol. The van der Waals surface area contributed by atoms with Crippen molar-refractivity contribution in [1.82, 2.24) is 0 Å². The van der Waals surface area contributed by atoms with E-state index in [-0.39, 0.29) is 18.8 Å². The number of nitrogens with zero attached hydrogens (tertiary/aromatic N) is 1. The second-order valence-corrected chi connectivity index (χ2v) is 3.66. The molecule has 0 aliphatic heterocycles. The molecule has 1 aromatic carbocycles. The van der Waals surface area contributed by atoms with Gasteiger partial charge in [-0.05, 0) is 6.42 Å². The maximum Gasteiger partial charge on any atom is 0.327 e. The van der Waals surface area contributed by atoms with Gasteiger partial charge in [-0.15, -0.1) is 6.58 Å². The smallest absolute Gasteiger partial charge is 0.327 e. The summed E-state index contributed by atoms with van der Waals surface area (Å²) in [7, 11) is 0. The first-order valence-electron chi connectivity index (χ1n) is 5.62. The van der Waals surface area contributed by atoms with Crippen LogP contribution in [-0.4, -0.2) is 24.7 Å². The molecule has 0 aromatic heterocycles. The van der Waals surface area contributed by atoms with Gasteiger partial charge in [0.2, 0.25) is 5.82 Å². The Balaban J connectivity index is 2.62. The van der Waals surface area contributed by atoms with Crippen molar-refractivity contribution in [2.24, 2.45) is 0 Å². The quantitative estimate of drug-likeness (QED) is 0.342. The van der Waals surface area contributed by atoms with Crippen molar-refractivity contribution >= 4 is 11.4 Å². The fraction of sp³-hybridized carbons (Fsp3) is 0.333. The summed E-state index contributed by atoms with van der Waals surface area (Å²) in [5.74, 6) is -2.08. The number of nitrogens with one attached hydrogen (secondary N) is 1. The van der Waals surface area contributed by atoms with Gasteiger partial charge in [0.1, 0.15) is 11.5 Å². The number of anilines is 1. The van der Waals surface area contributed by atoms with E-state index >= 15 is 0 Å². The summed E-state index contributed by atoms with van der Waals surface area (Å²) in [6, 6.07) is 1.36. The molecule has 5 nitrogen and oxygen atoms in total. The van der Waals surface area contributed by atoms with E-state index in [4.69, 9.17) is 4.74 Å². The molecule has 0 aliphatic carbocycles. The molecule has 0 heterocycles. The summed E-state index contributed by atoms with van der Waals surface area (Å²) in [6.07, 6.45) is 2.38. The summed E-state index contributed by atoms with van der Waals surface area (Å²) in [5.41, 5.74) is -0.970. The van der Waals surface area contributed by atoms with E-state index in [9.17, 15) is 18.9 Å². The Labute approximate surface area is 109 Å². The van der Waals surface area contributed by atoms with Crippen LogP contribution in [0.1, 0.15) is 6.42 Å². The van der Waals surface area contributed by atoms with Gasteiger partial charge in [-0.2, -0.15) is 4.39 Å². The summed E-state index contributed by atoms with van der Waals surface area (Å²) < 4.78 is 31.4. The number of hydrogen-bond acceptors (Lipinski definition) is 4. The fourth-order valence-corrected chi connectivity index (χ4v) is 1.41. The average Bonchev–Trinajstić information content (AvgIpc) is 2.32. The van der Waals surface area contributed by atoms with E-state index < -0.39 is 22.2 Å². The topological polar surface area (TPSA) is 64.4 Å². The van der Waals surface area contributed by atoms with Crippen molar-refractivity contribution in [3.63, 3.8) is 0 Å². The van der Waals surface area contributed by atoms with Gasteiger partial charge in [0.25, 0.3) is 0 Å². The zero-order valence-corrected chi connectivity index (χ0v) is 10.2. The Morgan fingerprint density at radius 2 is 2.16 bits per heavy atom. The number of nitro groups is 1. The van der Waals surface area contributed by atoms with Crippen LogP contribution in [0.5, 0.6) is 0 Å². The van der Waals surface area contributed by atoms with Gasteiger partial charge in [0.15, 0.2) is 0 Å². The normalized spacial score (nSPS) is 10.2. The minimum absolute atomic E-state index is 0.199. The molecule has 0 aliphatic rings. The van der Waals surface area contributed by atoms with Crippen LogP contribution in [0.25, 0.3) is 0 Å². The van der Waals surface area contributed by atoms with Crippen LogP contribution in [-0.2, 0) is 4.74 Å². The minimum atomic E-state index is -1.21. The highest BCUT2D eigenvalue weighted by Crippen LogP contribution is 2.28. The van der Waals surface area contributed by atoms with Gasteiger partial charge >= 0.3 is 5.69 Å². The summed E-state index contributed by atoms with van der Waals surface area (Å²) >= 11 is 0. The van der Waals surface area contributed by atoms with Gasteiger partial charge in [0, 0.05) is 18.7 Å². The van der Waals surface area contributed by atoms with Crippen LogP contribution in [0.4, 0.5) is 20.2 Å². The number of ether oxygens (including phenoxy) is 1. The molecule has 0 radical (unpaired) electrons. The number of halogens is 2. The largest absolute Gasteiger partial charge is 0.379 e. The Bertz CT molecular complexity index is 467. The van der Waals surface area contributed by atoms with Crippen LogP contribution >= 0.6 is 0 Å². The fourth-order valence-electron chi connectivity index (χ4n) is 1.41. The molecule has 0 saturated carbocycles. The van der Waals surface area contributed by atoms with E-state index in [1.807, 2.05) is 0 Å². The lowest BCUT2D eigenvalue weighted by Crippen LogP contribution is -2.12. The first kappa shape index (κ1) is 15.0. The highest BCUT2D eigenvalue weighted by molar-refractivity contribution is 5.62. The maximum atomic E-state index is 13.3. The number of nitro benzene ring substituents is 1. The second kappa shape index (κ2) is 7.42. The van der Waals surface area contributed by atoms with Gasteiger partial charge < -0.3 is 10.1 Å². The van der Waals surface area contributed by atoms with Crippen molar-refractivity contribution < 1.29 is 18.4 Å². The van der Waals surface area contributed by atoms with Crippen molar-refractivity contribution in [3.05, 3.63) is 46.5 Å². The van der Waals surface area contributed by atoms with Crippen LogP contribution in [0.15, 0.2) is 24.8 Å². The summed E-state index contributed by atoms with van der Waals surface area (Å²) in [4.78, 5) is 9.80. The molecule has 0 spiro atoms. The Kier molecular flexibility index (Phi) is 5.87. The molecule has 0 amide bonds. The van der Waals surface area contributed by atoms with Gasteiger partial charge in [-0.3, -0.25) is 10.1 Å². The number of rotatable bonds is 8. The second-order valence-electron chi connectivity index (χ2n) is 3.66. The molecule has 0 unspecified atom stereocenters. The summed E-state index contributed by atoms with van der Waals surface area (Å²) in [5, 5.41) is 13.3. The highest BCUT2D eigenvalue weighted by atomic mass is 19.1. The Morgan fingerprint density at radius 3 is 2.79 bits per heavy atom. The molecule has 0 fully saturated rings. The van der Waals surface area contributed by atoms with Gasteiger partial charge in [-0.1, -0.05) is 6.08 Å². The van der Waals surface area contributed by atoms with E-state index in [2.05, 4.69) is 11.9 Å².